The van der Waals surface area contributed by atoms with E-state index >= 15 is 0 Å². The number of aliphatic hydroxyl groups excluding tert-OH is 2. The third kappa shape index (κ3) is 7.43. The first-order chi connectivity index (χ1) is 19.8. The lowest BCUT2D eigenvalue weighted by atomic mass is 10.1. The summed E-state index contributed by atoms with van der Waals surface area (Å²) < 4.78 is 49.1. The van der Waals surface area contributed by atoms with Gasteiger partial charge in [-0.15, -0.1) is 0 Å². The van der Waals surface area contributed by atoms with E-state index in [9.17, 15) is 29.0 Å². The molecule has 3 unspecified atom stereocenters. The molecule has 0 radical (unpaired) electrons. The number of H-pyrrole nitrogens is 1. The molecule has 8 atom stereocenters. The fourth-order valence-electron chi connectivity index (χ4n) is 4.24. The number of aryl methyl sites for hydroxylation is 1. The fourth-order valence-corrected chi connectivity index (χ4v) is 6.33. The van der Waals surface area contributed by atoms with Gasteiger partial charge in [0.25, 0.3) is 5.56 Å². The molecule has 42 heavy (non-hydrogen) atoms. The van der Waals surface area contributed by atoms with Crippen LogP contribution in [0.2, 0.25) is 0 Å². The van der Waals surface area contributed by atoms with Crippen LogP contribution in [0.25, 0.3) is 11.2 Å². The lowest BCUT2D eigenvalue weighted by Gasteiger charge is -2.27. The summed E-state index contributed by atoms with van der Waals surface area (Å²) in [5, 5.41) is 24.4. The first kappa shape index (κ1) is 32.2. The van der Waals surface area contributed by atoms with Crippen LogP contribution >= 0.6 is 27.3 Å². The number of hydrogen-bond acceptors (Lipinski definition) is 16. The number of fused-ring (bicyclic) bond motifs is 1. The molecule has 0 bridgehead atoms. The predicted molar refractivity (Wildman–Crippen MR) is 148 cm³/mol. The van der Waals surface area contributed by atoms with Crippen LogP contribution in [0.15, 0.2) is 22.4 Å². The van der Waals surface area contributed by atoms with Crippen molar-refractivity contribution in [2.75, 3.05) is 24.7 Å². The summed E-state index contributed by atoms with van der Waals surface area (Å²) in [6.07, 6.45) is -3.49. The average Bonchev–Trinajstić information content (AvgIpc) is 3.51. The molecule has 1 aliphatic rings. The van der Waals surface area contributed by atoms with Gasteiger partial charge in [-0.2, -0.15) is 10.1 Å². The fraction of sp³-hybridized carbons (Fsp3) is 0.579. The molecule has 3 aromatic rings. The van der Waals surface area contributed by atoms with Gasteiger partial charge in [0, 0.05) is 13.5 Å². The minimum Gasteiger partial charge on any atom is -0.394 e. The van der Waals surface area contributed by atoms with E-state index in [-0.39, 0.29) is 34.8 Å². The number of imidazole rings is 1. The highest BCUT2D eigenvalue weighted by atomic mass is 32.7. The van der Waals surface area contributed by atoms with Crippen LogP contribution in [-0.4, -0.2) is 93.1 Å². The predicted octanol–water partition coefficient (Wildman–Crippen LogP) is -1.75. The van der Waals surface area contributed by atoms with Gasteiger partial charge in [0.05, 0.1) is 31.7 Å². The minimum atomic E-state index is -4.27. The quantitative estimate of drug-likeness (QED) is 0.0843. The van der Waals surface area contributed by atoms with Gasteiger partial charge in [-0.3, -0.25) is 33.0 Å². The number of nitrogens with zero attached hydrogens (tertiary/aromatic N) is 7. The molecule has 0 aliphatic carbocycles. The van der Waals surface area contributed by atoms with Crippen LogP contribution in [0.5, 0.6) is 0 Å². The van der Waals surface area contributed by atoms with Crippen LogP contribution in [0, 0.1) is 0 Å². The summed E-state index contributed by atoms with van der Waals surface area (Å²) in [7, 11) is -2.03. The van der Waals surface area contributed by atoms with Gasteiger partial charge in [0.1, 0.15) is 24.6 Å². The Morgan fingerprint density at radius 3 is 2.81 bits per heavy atom. The first-order valence-electron chi connectivity index (χ1n) is 12.2. The Hall–Kier alpha value is -2.71. The summed E-state index contributed by atoms with van der Waals surface area (Å²) in [4.78, 5) is 40.1. The standard InChI is InChI=1S/C19H30N10O10P2S/c1-8(25-16-14(20)22-6-24-28(16)2)13(38-40(33)34)10(31)5-36-41(35,42)39-11-3-9(4-30)37-18(11)29-7-23-12-15(29)26-19(21)27-17(12)32/h6-11,13,18,30-31,40H,3-5H2,1-2H3,(H,33,34)(H,35,42)(H2,20,22,24)(H3,21,26,27,32)/b25-16-/t8?,9-,10+,11+,13-,18+,41?/m0/s1. The van der Waals surface area contributed by atoms with Crippen LogP contribution < -0.4 is 22.5 Å². The van der Waals surface area contributed by atoms with Crippen molar-refractivity contribution in [2.45, 2.75) is 50.0 Å². The molecule has 1 saturated heterocycles. The van der Waals surface area contributed by atoms with Crippen molar-refractivity contribution in [3.8, 4) is 0 Å². The van der Waals surface area contributed by atoms with Gasteiger partial charge in [0.2, 0.25) is 5.95 Å². The van der Waals surface area contributed by atoms with Crippen LogP contribution in [0.3, 0.4) is 0 Å². The zero-order valence-electron chi connectivity index (χ0n) is 22.1. The monoisotopic (exact) mass is 652 g/mol. The zero-order chi connectivity index (χ0) is 30.8. The van der Waals surface area contributed by atoms with Crippen molar-refractivity contribution in [3.63, 3.8) is 0 Å². The average molecular weight is 653 g/mol. The Kier molecular flexibility index (Phi) is 10.2. The molecule has 0 aromatic carbocycles. The highest BCUT2D eigenvalue weighted by molar-refractivity contribution is 8.44. The number of ether oxygens (including phenoxy) is 1. The van der Waals surface area contributed by atoms with E-state index in [0.717, 1.165) is 0 Å². The summed E-state index contributed by atoms with van der Waals surface area (Å²) in [5.74, 6) is -0.170. The van der Waals surface area contributed by atoms with Crippen molar-refractivity contribution in [2.24, 2.45) is 12.0 Å². The first-order valence-corrected chi connectivity index (χ1v) is 16.1. The number of thiol groups is 1. The molecule has 4 rings (SSSR count). The van der Waals surface area contributed by atoms with Crippen LogP contribution in [-0.2, 0) is 34.5 Å². The molecule has 23 heteroatoms. The third-order valence-electron chi connectivity index (χ3n) is 6.13. The Labute approximate surface area is 242 Å². The minimum absolute atomic E-state index is 0.0106. The van der Waals surface area contributed by atoms with Gasteiger partial charge in [-0.25, -0.2) is 19.2 Å². The molecule has 3 aromatic heterocycles. The van der Waals surface area contributed by atoms with Crippen LogP contribution in [0.4, 0.5) is 11.8 Å². The molecule has 1 aliphatic heterocycles. The molecule has 0 spiro atoms. The van der Waals surface area contributed by atoms with E-state index in [0.29, 0.717) is 0 Å². The van der Waals surface area contributed by atoms with Crippen molar-refractivity contribution in [3.05, 3.63) is 28.5 Å². The van der Waals surface area contributed by atoms with Gasteiger partial charge < -0.3 is 35.8 Å². The highest BCUT2D eigenvalue weighted by Gasteiger charge is 2.42. The second-order valence-corrected chi connectivity index (χ2v) is 12.8. The van der Waals surface area contributed by atoms with E-state index < -0.39 is 70.5 Å². The number of aromatic amines is 1. The maximum atomic E-state index is 13.2. The summed E-state index contributed by atoms with van der Waals surface area (Å²) in [6, 6.07) is -0.986. The maximum absolute atomic E-state index is 13.2. The number of aliphatic hydroxyl groups is 2. The van der Waals surface area contributed by atoms with Gasteiger partial charge >= 0.3 is 15.1 Å². The molecule has 0 saturated carbocycles. The number of aromatic nitrogens is 7. The SMILES string of the molecule is CC(/N=c1/c(N)ncnn1C)[C@H](O[PH](=O)O)[C@H](O)COP(=O)(S)O[C@@H]1C[C@@H](CO)O[C@H]1n1cnc2c(=O)[nH]c(N)nc21. The number of nitrogens with one attached hydrogen (secondary N) is 1. The Morgan fingerprint density at radius 1 is 1.40 bits per heavy atom. The maximum Gasteiger partial charge on any atom is 0.386 e. The van der Waals surface area contributed by atoms with Gasteiger partial charge in [-0.05, 0) is 6.92 Å². The third-order valence-corrected chi connectivity index (χ3v) is 8.24. The molecule has 0 amide bonds. The number of hydrogen-bond donors (Lipinski definition) is 7. The van der Waals surface area contributed by atoms with Crippen molar-refractivity contribution in [1.82, 2.24) is 34.3 Å². The summed E-state index contributed by atoms with van der Waals surface area (Å²) in [5.41, 5.74) is 11.0. The van der Waals surface area contributed by atoms with Crippen LogP contribution in [0.1, 0.15) is 19.6 Å². The Morgan fingerprint density at radius 2 is 2.14 bits per heavy atom. The second-order valence-electron chi connectivity index (χ2n) is 9.13. The Balaban J connectivity index is 1.50. The zero-order valence-corrected chi connectivity index (χ0v) is 24.9. The van der Waals surface area contributed by atoms with Crippen molar-refractivity contribution >= 4 is 50.2 Å². The normalized spacial score (nSPS) is 24.0. The topological polar surface area (TPSA) is 290 Å². The summed E-state index contributed by atoms with van der Waals surface area (Å²) in [6.45, 7) is -3.94. The molecular formula is C19H30N10O10P2S. The van der Waals surface area contributed by atoms with E-state index in [2.05, 4.69) is 42.3 Å². The Bertz CT molecular complexity index is 1590. The smallest absolute Gasteiger partial charge is 0.386 e. The van der Waals surface area contributed by atoms with Crippen molar-refractivity contribution in [1.29, 1.82) is 0 Å². The van der Waals surface area contributed by atoms with Crippen molar-refractivity contribution < 1.29 is 42.5 Å². The molecule has 232 valence electrons. The molecule has 20 nitrogen and oxygen atoms in total. The molecule has 1 fully saturated rings. The number of rotatable bonds is 12. The number of anilines is 2. The number of nitrogens with two attached hydrogens (primary N) is 2. The lowest BCUT2D eigenvalue weighted by Crippen LogP contribution is -2.40. The summed E-state index contributed by atoms with van der Waals surface area (Å²) >= 11 is 4.00. The molecule has 4 heterocycles. The lowest BCUT2D eigenvalue weighted by molar-refractivity contribution is -0.0472. The molecule has 8 N–H and O–H groups in total. The van der Waals surface area contributed by atoms with Gasteiger partial charge in [0.15, 0.2) is 28.7 Å². The van der Waals surface area contributed by atoms with E-state index in [4.69, 9.17) is 29.8 Å². The number of nitrogen functional groups attached to an aromatic ring is 2. The highest BCUT2D eigenvalue weighted by Crippen LogP contribution is 2.56. The second kappa shape index (κ2) is 13.3. The van der Waals surface area contributed by atoms with Gasteiger partial charge in [-0.1, -0.05) is 12.2 Å². The van der Waals surface area contributed by atoms with E-state index in [1.807, 2.05) is 0 Å². The molecular weight excluding hydrogens is 622 g/mol. The van der Waals surface area contributed by atoms with E-state index in [1.165, 1.54) is 28.8 Å². The van der Waals surface area contributed by atoms with E-state index in [1.54, 1.807) is 7.05 Å². The largest absolute Gasteiger partial charge is 0.394 e.